The molecule has 36 heavy (non-hydrogen) atoms. The fraction of sp³-hybridized carbons (Fsp3) is 0.310. The average molecular weight is 488 g/mol. The number of hydrogen-bond acceptors (Lipinski definition) is 3. The third-order valence-electron chi connectivity index (χ3n) is 7.03. The summed E-state index contributed by atoms with van der Waals surface area (Å²) >= 11 is 0. The van der Waals surface area contributed by atoms with Gasteiger partial charge in [0.25, 0.3) is 0 Å². The number of ether oxygens (including phenoxy) is 1. The second-order valence-electron chi connectivity index (χ2n) is 9.33. The SMILES string of the molecule is O=C(N[C@H]1CCN(C(=O)N2CCC2)[C@H]1Cc1cccc(-c2ccccc2)c1F)OCc1ccccc1. The quantitative estimate of drug-likeness (QED) is 0.518. The number of benzene rings is 3. The molecule has 3 aromatic carbocycles. The van der Waals surface area contributed by atoms with Crippen LogP contribution in [0.3, 0.4) is 0 Å². The molecule has 186 valence electrons. The lowest BCUT2D eigenvalue weighted by molar-refractivity contribution is 0.114. The Morgan fingerprint density at radius 1 is 0.917 bits per heavy atom. The zero-order valence-electron chi connectivity index (χ0n) is 20.1. The number of alkyl carbamates (subject to hydrolysis) is 1. The Kier molecular flexibility index (Phi) is 7.16. The third kappa shape index (κ3) is 5.20. The zero-order chi connectivity index (χ0) is 24.9. The van der Waals surface area contributed by atoms with E-state index >= 15 is 4.39 Å². The summed E-state index contributed by atoms with van der Waals surface area (Å²) in [5.41, 5.74) is 2.74. The number of hydrogen-bond donors (Lipinski definition) is 1. The van der Waals surface area contributed by atoms with Crippen molar-refractivity contribution in [3.63, 3.8) is 0 Å². The van der Waals surface area contributed by atoms with Crippen molar-refractivity contribution in [2.75, 3.05) is 19.6 Å². The molecule has 2 aliphatic rings. The number of urea groups is 1. The van der Waals surface area contributed by atoms with Gasteiger partial charge < -0.3 is 19.9 Å². The molecule has 6 nitrogen and oxygen atoms in total. The van der Waals surface area contributed by atoms with Crippen LogP contribution in [0.25, 0.3) is 11.1 Å². The number of rotatable bonds is 6. The first kappa shape index (κ1) is 23.9. The third-order valence-corrected chi connectivity index (χ3v) is 7.03. The molecule has 0 spiro atoms. The summed E-state index contributed by atoms with van der Waals surface area (Å²) in [6, 6.07) is 23.5. The van der Waals surface area contributed by atoms with Crippen LogP contribution in [0.4, 0.5) is 14.0 Å². The lowest BCUT2D eigenvalue weighted by Gasteiger charge is -2.37. The second-order valence-corrected chi connectivity index (χ2v) is 9.33. The van der Waals surface area contributed by atoms with Gasteiger partial charge in [-0.25, -0.2) is 14.0 Å². The van der Waals surface area contributed by atoms with Crippen molar-refractivity contribution < 1.29 is 18.7 Å². The molecule has 0 aliphatic carbocycles. The Bertz CT molecular complexity index is 1200. The highest BCUT2D eigenvalue weighted by Crippen LogP contribution is 2.30. The van der Waals surface area contributed by atoms with Gasteiger partial charge in [0.15, 0.2) is 0 Å². The number of halogens is 1. The maximum absolute atomic E-state index is 15.6. The van der Waals surface area contributed by atoms with Crippen LogP contribution in [0, 0.1) is 5.82 Å². The van der Waals surface area contributed by atoms with Crippen LogP contribution in [0.5, 0.6) is 0 Å². The molecule has 3 aromatic rings. The van der Waals surface area contributed by atoms with Crippen molar-refractivity contribution in [1.82, 2.24) is 15.1 Å². The van der Waals surface area contributed by atoms with Gasteiger partial charge in [-0.2, -0.15) is 0 Å². The van der Waals surface area contributed by atoms with Gasteiger partial charge in [0, 0.05) is 25.2 Å². The molecule has 2 aliphatic heterocycles. The molecule has 1 N–H and O–H groups in total. The van der Waals surface area contributed by atoms with Gasteiger partial charge in [0.1, 0.15) is 12.4 Å². The predicted molar refractivity (Wildman–Crippen MR) is 136 cm³/mol. The van der Waals surface area contributed by atoms with Crippen molar-refractivity contribution in [3.05, 3.63) is 95.8 Å². The maximum Gasteiger partial charge on any atom is 0.407 e. The topological polar surface area (TPSA) is 61.9 Å². The minimum Gasteiger partial charge on any atom is -0.445 e. The Hall–Kier alpha value is -3.87. The lowest BCUT2D eigenvalue weighted by Crippen LogP contribution is -2.54. The van der Waals surface area contributed by atoms with Gasteiger partial charge >= 0.3 is 12.1 Å². The molecule has 2 saturated heterocycles. The number of carbonyl (C=O) groups is 2. The van der Waals surface area contributed by atoms with E-state index in [1.54, 1.807) is 21.9 Å². The van der Waals surface area contributed by atoms with E-state index in [2.05, 4.69) is 5.32 Å². The molecule has 0 saturated carbocycles. The highest BCUT2D eigenvalue weighted by molar-refractivity contribution is 5.76. The molecule has 7 heteroatoms. The number of nitrogens with zero attached hydrogens (tertiary/aromatic N) is 2. The zero-order valence-corrected chi connectivity index (χ0v) is 20.1. The minimum atomic E-state index is -0.536. The Balaban J connectivity index is 1.34. The molecular formula is C29H30FN3O3. The Labute approximate surface area is 210 Å². The first-order chi connectivity index (χ1) is 17.6. The van der Waals surface area contributed by atoms with Crippen molar-refractivity contribution in [2.45, 2.75) is 38.0 Å². The molecule has 5 rings (SSSR count). The van der Waals surface area contributed by atoms with Gasteiger partial charge in [-0.3, -0.25) is 0 Å². The van der Waals surface area contributed by atoms with E-state index in [1.165, 1.54) is 0 Å². The number of amides is 3. The summed E-state index contributed by atoms with van der Waals surface area (Å²) in [6.07, 6.45) is 1.34. The van der Waals surface area contributed by atoms with Crippen molar-refractivity contribution in [3.8, 4) is 11.1 Å². The highest BCUT2D eigenvalue weighted by atomic mass is 19.1. The van der Waals surface area contributed by atoms with Crippen molar-refractivity contribution in [1.29, 1.82) is 0 Å². The van der Waals surface area contributed by atoms with Crippen LogP contribution in [-0.4, -0.2) is 53.6 Å². The van der Waals surface area contributed by atoms with E-state index in [0.29, 0.717) is 30.5 Å². The van der Waals surface area contributed by atoms with Gasteiger partial charge in [0.05, 0.1) is 12.1 Å². The maximum atomic E-state index is 15.6. The molecule has 0 radical (unpaired) electrons. The largest absolute Gasteiger partial charge is 0.445 e. The van der Waals surface area contributed by atoms with E-state index in [-0.39, 0.29) is 30.5 Å². The molecule has 2 heterocycles. The molecular weight excluding hydrogens is 457 g/mol. The first-order valence-corrected chi connectivity index (χ1v) is 12.5. The van der Waals surface area contributed by atoms with Crippen molar-refractivity contribution >= 4 is 12.1 Å². The summed E-state index contributed by atoms with van der Waals surface area (Å²) in [7, 11) is 0. The smallest absolute Gasteiger partial charge is 0.407 e. The van der Waals surface area contributed by atoms with Crippen LogP contribution in [-0.2, 0) is 17.8 Å². The number of nitrogens with one attached hydrogen (secondary N) is 1. The fourth-order valence-corrected chi connectivity index (χ4v) is 4.92. The molecule has 0 bridgehead atoms. The molecule has 2 atom stereocenters. The van der Waals surface area contributed by atoms with E-state index in [1.807, 2.05) is 66.7 Å². The highest BCUT2D eigenvalue weighted by Gasteiger charge is 2.41. The van der Waals surface area contributed by atoms with E-state index in [9.17, 15) is 9.59 Å². The van der Waals surface area contributed by atoms with Gasteiger partial charge in [0.2, 0.25) is 0 Å². The minimum absolute atomic E-state index is 0.0483. The predicted octanol–water partition coefficient (Wildman–Crippen LogP) is 5.23. The molecule has 0 aromatic heterocycles. The summed E-state index contributed by atoms with van der Waals surface area (Å²) < 4.78 is 21.1. The number of likely N-dealkylation sites (tertiary alicyclic amines) is 2. The van der Waals surface area contributed by atoms with Crippen LogP contribution in [0.2, 0.25) is 0 Å². The monoisotopic (exact) mass is 487 g/mol. The Morgan fingerprint density at radius 2 is 1.64 bits per heavy atom. The van der Waals surface area contributed by atoms with Crippen LogP contribution in [0.1, 0.15) is 24.0 Å². The molecule has 2 fully saturated rings. The lowest BCUT2D eigenvalue weighted by atomic mass is 9.95. The summed E-state index contributed by atoms with van der Waals surface area (Å²) in [4.78, 5) is 29.4. The first-order valence-electron chi connectivity index (χ1n) is 12.5. The van der Waals surface area contributed by atoms with Gasteiger partial charge in [-0.05, 0) is 36.0 Å². The van der Waals surface area contributed by atoms with Gasteiger partial charge in [-0.1, -0.05) is 78.9 Å². The Morgan fingerprint density at radius 3 is 2.33 bits per heavy atom. The normalized spacial score (nSPS) is 19.0. The van der Waals surface area contributed by atoms with E-state index < -0.39 is 6.09 Å². The van der Waals surface area contributed by atoms with E-state index in [0.717, 1.165) is 30.6 Å². The number of carbonyl (C=O) groups excluding carboxylic acids is 2. The fourth-order valence-electron chi connectivity index (χ4n) is 4.92. The standard InChI is InChI=1S/C29H30FN3O3/c30-27-23(13-7-14-24(27)22-11-5-2-6-12-22)19-26-25(15-18-33(26)29(35)32-16-8-17-32)31-28(34)36-20-21-9-3-1-4-10-21/h1-7,9-14,25-26H,8,15-20H2,(H,31,34)/t25-,26-/m0/s1. The van der Waals surface area contributed by atoms with Crippen molar-refractivity contribution in [2.24, 2.45) is 0 Å². The second kappa shape index (κ2) is 10.8. The molecule has 3 amide bonds. The van der Waals surface area contributed by atoms with Crippen LogP contribution in [0.15, 0.2) is 78.9 Å². The van der Waals surface area contributed by atoms with Gasteiger partial charge in [-0.15, -0.1) is 0 Å². The van der Waals surface area contributed by atoms with Crippen LogP contribution < -0.4 is 5.32 Å². The summed E-state index contributed by atoms with van der Waals surface area (Å²) in [5.74, 6) is -0.294. The average Bonchev–Trinajstić information content (AvgIpc) is 3.26. The van der Waals surface area contributed by atoms with E-state index in [4.69, 9.17) is 4.74 Å². The summed E-state index contributed by atoms with van der Waals surface area (Å²) in [6.45, 7) is 2.13. The van der Waals surface area contributed by atoms with Crippen LogP contribution >= 0.6 is 0 Å². The summed E-state index contributed by atoms with van der Waals surface area (Å²) in [5, 5.41) is 2.95. The molecule has 0 unspecified atom stereocenters.